The molecule has 62 valence electrons. The standard InChI is InChI=1S/C8H12FNO/c1-10(2)6-3-7(11)8(9)4-5-8/h3,6H,4-5H2,1-2H3/b6-3-. The number of allylic oxidation sites excluding steroid dienone is 1. The van der Waals surface area contributed by atoms with Crippen LogP contribution in [0.2, 0.25) is 0 Å². The molecule has 0 unspecified atom stereocenters. The lowest BCUT2D eigenvalue weighted by molar-refractivity contribution is -0.120. The molecule has 1 fully saturated rings. The van der Waals surface area contributed by atoms with Gasteiger partial charge in [0.05, 0.1) is 0 Å². The van der Waals surface area contributed by atoms with E-state index in [1.807, 2.05) is 0 Å². The van der Waals surface area contributed by atoms with Gasteiger partial charge in [-0.3, -0.25) is 4.79 Å². The Bertz CT molecular complexity index is 194. The van der Waals surface area contributed by atoms with Crippen molar-refractivity contribution in [1.82, 2.24) is 4.90 Å². The van der Waals surface area contributed by atoms with E-state index in [0.29, 0.717) is 12.8 Å². The average molecular weight is 157 g/mol. The van der Waals surface area contributed by atoms with Crippen molar-refractivity contribution in [2.75, 3.05) is 14.1 Å². The van der Waals surface area contributed by atoms with Crippen LogP contribution in [0.25, 0.3) is 0 Å². The Kier molecular flexibility index (Phi) is 1.98. The van der Waals surface area contributed by atoms with Gasteiger partial charge in [0.25, 0.3) is 0 Å². The van der Waals surface area contributed by atoms with Gasteiger partial charge in [-0.1, -0.05) is 0 Å². The molecule has 1 aliphatic rings. The molecular weight excluding hydrogens is 145 g/mol. The number of hydrogen-bond acceptors (Lipinski definition) is 2. The summed E-state index contributed by atoms with van der Waals surface area (Å²) in [6.45, 7) is 0. The van der Waals surface area contributed by atoms with Crippen LogP contribution in [0.15, 0.2) is 12.3 Å². The highest BCUT2D eigenvalue weighted by molar-refractivity contribution is 5.99. The van der Waals surface area contributed by atoms with Gasteiger partial charge in [-0.25, -0.2) is 4.39 Å². The zero-order valence-electron chi connectivity index (χ0n) is 6.80. The van der Waals surface area contributed by atoms with Crippen LogP contribution in [0.1, 0.15) is 12.8 Å². The van der Waals surface area contributed by atoms with Gasteiger partial charge in [-0.2, -0.15) is 0 Å². The van der Waals surface area contributed by atoms with Crippen molar-refractivity contribution in [3.63, 3.8) is 0 Å². The lowest BCUT2D eigenvalue weighted by Gasteiger charge is -2.03. The van der Waals surface area contributed by atoms with E-state index in [1.54, 1.807) is 25.2 Å². The lowest BCUT2D eigenvalue weighted by Crippen LogP contribution is -2.14. The second-order valence-corrected chi connectivity index (χ2v) is 3.11. The number of ketones is 1. The Hall–Kier alpha value is -0.860. The van der Waals surface area contributed by atoms with E-state index in [1.165, 1.54) is 6.08 Å². The van der Waals surface area contributed by atoms with E-state index in [-0.39, 0.29) is 0 Å². The molecule has 0 saturated heterocycles. The normalized spacial score (nSPS) is 20.3. The average Bonchev–Trinajstić information content (AvgIpc) is 2.64. The molecule has 1 rings (SSSR count). The molecular formula is C8H12FNO. The molecule has 3 heteroatoms. The summed E-state index contributed by atoms with van der Waals surface area (Å²) in [5.41, 5.74) is -1.51. The van der Waals surface area contributed by atoms with Gasteiger partial charge in [0.1, 0.15) is 0 Å². The molecule has 0 spiro atoms. The molecule has 11 heavy (non-hydrogen) atoms. The van der Waals surface area contributed by atoms with Gasteiger partial charge in [-0.05, 0) is 12.8 Å². The molecule has 0 aromatic heterocycles. The Morgan fingerprint density at radius 1 is 1.55 bits per heavy atom. The minimum absolute atomic E-state index is 0.392. The van der Waals surface area contributed by atoms with E-state index < -0.39 is 11.5 Å². The van der Waals surface area contributed by atoms with E-state index in [4.69, 9.17) is 0 Å². The van der Waals surface area contributed by atoms with E-state index >= 15 is 0 Å². The molecule has 0 N–H and O–H groups in total. The van der Waals surface area contributed by atoms with Crippen molar-refractivity contribution in [2.45, 2.75) is 18.5 Å². The molecule has 2 nitrogen and oxygen atoms in total. The van der Waals surface area contributed by atoms with Crippen molar-refractivity contribution in [1.29, 1.82) is 0 Å². The molecule has 0 aromatic rings. The quantitative estimate of drug-likeness (QED) is 0.572. The number of carbonyl (C=O) groups excluding carboxylic acids is 1. The van der Waals surface area contributed by atoms with Crippen LogP contribution in [0.4, 0.5) is 4.39 Å². The fourth-order valence-corrected chi connectivity index (χ4v) is 0.722. The summed E-state index contributed by atoms with van der Waals surface area (Å²) < 4.78 is 12.9. The number of carbonyl (C=O) groups is 1. The fourth-order valence-electron chi connectivity index (χ4n) is 0.722. The van der Waals surface area contributed by atoms with E-state index in [2.05, 4.69) is 0 Å². The fraction of sp³-hybridized carbons (Fsp3) is 0.625. The summed E-state index contributed by atoms with van der Waals surface area (Å²) in [4.78, 5) is 12.7. The smallest absolute Gasteiger partial charge is 0.194 e. The van der Waals surface area contributed by atoms with Crippen molar-refractivity contribution in [2.24, 2.45) is 0 Å². The molecule has 0 atom stereocenters. The van der Waals surface area contributed by atoms with Crippen LogP contribution in [-0.4, -0.2) is 30.4 Å². The number of nitrogens with zero attached hydrogens (tertiary/aromatic N) is 1. The summed E-state index contributed by atoms with van der Waals surface area (Å²) in [5, 5.41) is 0. The zero-order chi connectivity index (χ0) is 8.48. The Morgan fingerprint density at radius 2 is 2.09 bits per heavy atom. The van der Waals surface area contributed by atoms with Crippen molar-refractivity contribution < 1.29 is 9.18 Å². The summed E-state index contributed by atoms with van der Waals surface area (Å²) in [6.07, 6.45) is 3.65. The Labute approximate surface area is 65.7 Å². The SMILES string of the molecule is CN(C)/C=C\C(=O)C1(F)CC1. The molecule has 0 aliphatic heterocycles. The maximum absolute atomic E-state index is 12.9. The molecule has 0 heterocycles. The number of halogens is 1. The van der Waals surface area contributed by atoms with Crippen LogP contribution >= 0.6 is 0 Å². The molecule has 0 aromatic carbocycles. The van der Waals surface area contributed by atoms with Crippen LogP contribution in [0.5, 0.6) is 0 Å². The zero-order valence-corrected chi connectivity index (χ0v) is 6.80. The van der Waals surface area contributed by atoms with E-state index in [0.717, 1.165) is 0 Å². The van der Waals surface area contributed by atoms with Crippen LogP contribution in [0, 0.1) is 0 Å². The molecule has 1 saturated carbocycles. The van der Waals surface area contributed by atoms with Gasteiger partial charge in [0.2, 0.25) is 0 Å². The highest BCUT2D eigenvalue weighted by atomic mass is 19.1. The monoisotopic (exact) mass is 157 g/mol. The second-order valence-electron chi connectivity index (χ2n) is 3.11. The summed E-state index contributed by atoms with van der Waals surface area (Å²) in [5.74, 6) is -0.397. The maximum Gasteiger partial charge on any atom is 0.194 e. The summed E-state index contributed by atoms with van der Waals surface area (Å²) in [7, 11) is 3.59. The number of rotatable bonds is 3. The molecule has 0 bridgehead atoms. The highest BCUT2D eigenvalue weighted by Crippen LogP contribution is 2.40. The number of alkyl halides is 1. The first-order chi connectivity index (χ1) is 5.04. The Balaban J connectivity index is 2.44. The van der Waals surface area contributed by atoms with Crippen molar-refractivity contribution in [3.8, 4) is 0 Å². The predicted molar refractivity (Wildman–Crippen MR) is 40.9 cm³/mol. The first-order valence-corrected chi connectivity index (χ1v) is 3.62. The molecule has 0 amide bonds. The van der Waals surface area contributed by atoms with Crippen LogP contribution < -0.4 is 0 Å². The van der Waals surface area contributed by atoms with Gasteiger partial charge in [0, 0.05) is 26.4 Å². The minimum atomic E-state index is -1.51. The second kappa shape index (κ2) is 2.64. The van der Waals surface area contributed by atoms with Crippen molar-refractivity contribution in [3.05, 3.63) is 12.3 Å². The third kappa shape index (κ3) is 2.03. The lowest BCUT2D eigenvalue weighted by atomic mass is 10.2. The van der Waals surface area contributed by atoms with Gasteiger partial charge in [-0.15, -0.1) is 0 Å². The minimum Gasteiger partial charge on any atom is -0.383 e. The summed E-state index contributed by atoms with van der Waals surface area (Å²) >= 11 is 0. The van der Waals surface area contributed by atoms with Gasteiger partial charge in [0.15, 0.2) is 11.5 Å². The van der Waals surface area contributed by atoms with Crippen molar-refractivity contribution >= 4 is 5.78 Å². The predicted octanol–water partition coefficient (Wildman–Crippen LogP) is 1.13. The first-order valence-electron chi connectivity index (χ1n) is 3.62. The molecule has 1 aliphatic carbocycles. The topological polar surface area (TPSA) is 20.3 Å². The third-order valence-electron chi connectivity index (χ3n) is 1.65. The third-order valence-corrected chi connectivity index (χ3v) is 1.65. The van der Waals surface area contributed by atoms with E-state index in [9.17, 15) is 9.18 Å². The van der Waals surface area contributed by atoms with Gasteiger partial charge >= 0.3 is 0 Å². The maximum atomic E-state index is 12.9. The largest absolute Gasteiger partial charge is 0.383 e. The number of hydrogen-bond donors (Lipinski definition) is 0. The van der Waals surface area contributed by atoms with Crippen LogP contribution in [0.3, 0.4) is 0 Å². The highest BCUT2D eigenvalue weighted by Gasteiger charge is 2.49. The van der Waals surface area contributed by atoms with Gasteiger partial charge < -0.3 is 4.90 Å². The first kappa shape index (κ1) is 8.24. The van der Waals surface area contributed by atoms with Crippen LogP contribution in [-0.2, 0) is 4.79 Å². The molecule has 0 radical (unpaired) electrons. The summed E-state index contributed by atoms with van der Waals surface area (Å²) in [6, 6.07) is 0. The Morgan fingerprint density at radius 3 is 2.45 bits per heavy atom.